The average molecular weight is 343 g/mol. The van der Waals surface area contributed by atoms with E-state index < -0.39 is 17.2 Å². The summed E-state index contributed by atoms with van der Waals surface area (Å²) in [7, 11) is 3.26. The normalized spacial score (nSPS) is 11.0. The number of hydrogen-bond acceptors (Lipinski definition) is 6. The van der Waals surface area contributed by atoms with E-state index in [-0.39, 0.29) is 18.8 Å². The molecule has 3 heterocycles. The first-order valence-electron chi connectivity index (χ1n) is 7.69. The quantitative estimate of drug-likeness (QED) is 0.480. The Morgan fingerprint density at radius 1 is 1.20 bits per heavy atom. The molecule has 0 aliphatic carbocycles. The fourth-order valence-corrected chi connectivity index (χ4v) is 2.54. The van der Waals surface area contributed by atoms with Gasteiger partial charge in [-0.05, 0) is 18.6 Å². The van der Waals surface area contributed by atoms with Gasteiger partial charge < -0.3 is 9.30 Å². The topological polar surface area (TPSA) is 101 Å². The minimum absolute atomic E-state index is 0.0778. The summed E-state index contributed by atoms with van der Waals surface area (Å²) in [5, 5.41) is 0. The van der Waals surface area contributed by atoms with Crippen molar-refractivity contribution < 1.29 is 9.53 Å². The summed E-state index contributed by atoms with van der Waals surface area (Å²) in [6.07, 6.45) is 3.32. The van der Waals surface area contributed by atoms with Crippen LogP contribution in [0.3, 0.4) is 0 Å². The molecule has 9 nitrogen and oxygen atoms in total. The number of fused-ring (bicyclic) bond motifs is 1. The van der Waals surface area contributed by atoms with E-state index in [4.69, 9.17) is 4.74 Å². The van der Waals surface area contributed by atoms with Crippen molar-refractivity contribution in [3.8, 4) is 0 Å². The highest BCUT2D eigenvalue weighted by molar-refractivity contribution is 5.87. The van der Waals surface area contributed by atoms with Gasteiger partial charge in [-0.25, -0.2) is 19.6 Å². The summed E-state index contributed by atoms with van der Waals surface area (Å²) in [6, 6.07) is 4.95. The van der Waals surface area contributed by atoms with Crippen LogP contribution in [0.5, 0.6) is 0 Å². The van der Waals surface area contributed by atoms with Crippen LogP contribution in [0.4, 0.5) is 0 Å². The molecule has 0 unspecified atom stereocenters. The van der Waals surface area contributed by atoms with Crippen LogP contribution in [-0.2, 0) is 25.4 Å². The third-order valence-corrected chi connectivity index (χ3v) is 3.83. The molecule has 3 rings (SSSR count). The second kappa shape index (κ2) is 6.71. The van der Waals surface area contributed by atoms with E-state index in [0.29, 0.717) is 17.6 Å². The molecule has 130 valence electrons. The summed E-state index contributed by atoms with van der Waals surface area (Å²) in [6.45, 7) is 0.219. The fraction of sp³-hybridized carbons (Fsp3) is 0.312. The average Bonchev–Trinajstić information content (AvgIpc) is 3.01. The first-order chi connectivity index (χ1) is 12.0. The number of hydrogen-bond donors (Lipinski definition) is 0. The molecule has 0 bridgehead atoms. The highest BCUT2D eigenvalue weighted by Gasteiger charge is 2.15. The van der Waals surface area contributed by atoms with Crippen molar-refractivity contribution >= 4 is 17.1 Å². The Hall–Kier alpha value is -3.23. The molecule has 9 heteroatoms. The van der Waals surface area contributed by atoms with Crippen molar-refractivity contribution in [2.45, 2.75) is 13.0 Å². The predicted octanol–water partition coefficient (Wildman–Crippen LogP) is 0.0758. The van der Waals surface area contributed by atoms with Crippen LogP contribution in [0.1, 0.15) is 16.9 Å². The predicted molar refractivity (Wildman–Crippen MR) is 89.4 cm³/mol. The maximum absolute atomic E-state index is 12.5. The third-order valence-electron chi connectivity index (χ3n) is 3.83. The van der Waals surface area contributed by atoms with Crippen molar-refractivity contribution in [2.24, 2.45) is 14.1 Å². The molecule has 0 atom stereocenters. The van der Waals surface area contributed by atoms with Gasteiger partial charge in [-0.1, -0.05) is 6.07 Å². The summed E-state index contributed by atoms with van der Waals surface area (Å²) < 4.78 is 9.14. The molecule has 0 radical (unpaired) electrons. The van der Waals surface area contributed by atoms with Crippen molar-refractivity contribution in [3.05, 3.63) is 57.3 Å². The highest BCUT2D eigenvalue weighted by atomic mass is 16.5. The van der Waals surface area contributed by atoms with Crippen LogP contribution in [0.25, 0.3) is 11.2 Å². The number of rotatable bonds is 5. The highest BCUT2D eigenvalue weighted by Crippen LogP contribution is 2.03. The summed E-state index contributed by atoms with van der Waals surface area (Å²) in [4.78, 5) is 44.6. The molecule has 25 heavy (non-hydrogen) atoms. The molecule has 0 saturated heterocycles. The van der Waals surface area contributed by atoms with Gasteiger partial charge in [0.1, 0.15) is 5.69 Å². The smallest absolute Gasteiger partial charge is 0.356 e. The van der Waals surface area contributed by atoms with Crippen LogP contribution in [0, 0.1) is 0 Å². The number of imidazole rings is 1. The maximum atomic E-state index is 12.5. The minimum Gasteiger partial charge on any atom is -0.461 e. The van der Waals surface area contributed by atoms with E-state index in [2.05, 4.69) is 9.97 Å². The molecule has 3 aromatic heterocycles. The Morgan fingerprint density at radius 3 is 2.72 bits per heavy atom. The lowest BCUT2D eigenvalue weighted by Crippen LogP contribution is -2.39. The molecule has 3 aromatic rings. The molecule has 0 aliphatic heterocycles. The largest absolute Gasteiger partial charge is 0.461 e. The molecule has 0 aromatic carbocycles. The van der Waals surface area contributed by atoms with Gasteiger partial charge in [-0.2, -0.15) is 0 Å². The molecule has 0 saturated carbocycles. The number of nitrogens with zero attached hydrogens (tertiary/aromatic N) is 5. The first-order valence-corrected chi connectivity index (χ1v) is 7.69. The zero-order chi connectivity index (χ0) is 18.0. The van der Waals surface area contributed by atoms with Crippen molar-refractivity contribution in [2.75, 3.05) is 6.61 Å². The number of pyridine rings is 1. The third kappa shape index (κ3) is 3.08. The van der Waals surface area contributed by atoms with Crippen LogP contribution < -0.4 is 11.2 Å². The number of carbonyl (C=O) groups is 1. The van der Waals surface area contributed by atoms with E-state index in [0.717, 1.165) is 4.57 Å². The van der Waals surface area contributed by atoms with E-state index in [1.807, 2.05) is 0 Å². The Kier molecular flexibility index (Phi) is 4.46. The standard InChI is InChI=1S/C16H17N5O4/c1-19-10-18-13-12(19)14(22)21(16(24)20(13)2)8-5-9-25-15(23)11-6-3-4-7-17-11/h3-4,6-7,10H,5,8-9H2,1-2H3. The van der Waals surface area contributed by atoms with Crippen LogP contribution in [-0.4, -0.2) is 36.2 Å². The van der Waals surface area contributed by atoms with Gasteiger partial charge in [-0.3, -0.25) is 13.9 Å². The van der Waals surface area contributed by atoms with Gasteiger partial charge in [0.15, 0.2) is 11.2 Å². The van der Waals surface area contributed by atoms with Crippen LogP contribution in [0.15, 0.2) is 40.3 Å². The Balaban J connectivity index is 1.72. The van der Waals surface area contributed by atoms with Crippen LogP contribution >= 0.6 is 0 Å². The lowest BCUT2D eigenvalue weighted by molar-refractivity contribution is 0.0488. The molecule has 0 aliphatic rings. The maximum Gasteiger partial charge on any atom is 0.356 e. The zero-order valence-electron chi connectivity index (χ0n) is 13.9. The van der Waals surface area contributed by atoms with Crippen molar-refractivity contribution in [3.63, 3.8) is 0 Å². The van der Waals surface area contributed by atoms with Gasteiger partial charge in [-0.15, -0.1) is 0 Å². The van der Waals surface area contributed by atoms with Gasteiger partial charge in [0.25, 0.3) is 5.56 Å². The second-order valence-electron chi connectivity index (χ2n) is 5.53. The Labute approximate surface area is 142 Å². The van der Waals surface area contributed by atoms with E-state index in [1.165, 1.54) is 17.1 Å². The summed E-state index contributed by atoms with van der Waals surface area (Å²) in [5.74, 6) is -0.539. The minimum atomic E-state index is -0.539. The molecular weight excluding hydrogens is 326 g/mol. The van der Waals surface area contributed by atoms with Crippen molar-refractivity contribution in [1.82, 2.24) is 23.7 Å². The van der Waals surface area contributed by atoms with E-state index >= 15 is 0 Å². The zero-order valence-corrected chi connectivity index (χ0v) is 13.9. The van der Waals surface area contributed by atoms with E-state index in [9.17, 15) is 14.4 Å². The Morgan fingerprint density at radius 2 is 2.00 bits per heavy atom. The van der Waals surface area contributed by atoms with Crippen LogP contribution in [0.2, 0.25) is 0 Å². The number of aromatic nitrogens is 5. The molecule has 0 amide bonds. The molecule has 0 fully saturated rings. The lowest BCUT2D eigenvalue weighted by atomic mass is 10.3. The fourth-order valence-electron chi connectivity index (χ4n) is 2.54. The second-order valence-corrected chi connectivity index (χ2v) is 5.53. The number of esters is 1. The van der Waals surface area contributed by atoms with Crippen molar-refractivity contribution in [1.29, 1.82) is 0 Å². The van der Waals surface area contributed by atoms with E-state index in [1.54, 1.807) is 36.9 Å². The summed E-state index contributed by atoms with van der Waals surface area (Å²) in [5.41, 5.74) is 0.0520. The summed E-state index contributed by atoms with van der Waals surface area (Å²) >= 11 is 0. The molecular formula is C16H17N5O4. The number of ether oxygens (including phenoxy) is 1. The number of carbonyl (C=O) groups excluding carboxylic acids is 1. The molecule has 0 spiro atoms. The molecule has 0 N–H and O–H groups in total. The Bertz CT molecular complexity index is 1030. The van der Waals surface area contributed by atoms with Gasteiger partial charge >= 0.3 is 11.7 Å². The lowest BCUT2D eigenvalue weighted by Gasteiger charge is -2.09. The first kappa shape index (κ1) is 16.6. The van der Waals surface area contributed by atoms with Gasteiger partial charge in [0.2, 0.25) is 0 Å². The van der Waals surface area contributed by atoms with Gasteiger partial charge in [0.05, 0.1) is 12.9 Å². The SMILES string of the molecule is Cn1cnc2c1c(=O)n(CCCOC(=O)c1ccccn1)c(=O)n2C. The van der Waals surface area contributed by atoms with Gasteiger partial charge in [0, 0.05) is 26.8 Å². The monoisotopic (exact) mass is 343 g/mol. The number of aryl methyl sites for hydroxylation is 2.